The monoisotopic (exact) mass is 1010 g/mol. The van der Waals surface area contributed by atoms with E-state index in [0.29, 0.717) is 54.4 Å². The predicted molar refractivity (Wildman–Crippen MR) is 253 cm³/mol. The number of carbonyl (C=O) groups excluding carboxylic acids is 3. The summed E-state index contributed by atoms with van der Waals surface area (Å²) in [6, 6.07) is 14.5. The van der Waals surface area contributed by atoms with E-state index >= 15 is 0 Å². The van der Waals surface area contributed by atoms with Crippen molar-refractivity contribution in [3.05, 3.63) is 106 Å². The first-order chi connectivity index (χ1) is 31.9. The Bertz CT molecular complexity index is 3600. The largest absolute Gasteiger partial charge is 0.340 e. The van der Waals surface area contributed by atoms with Crippen LogP contribution in [0.3, 0.4) is 0 Å². The van der Waals surface area contributed by atoms with Gasteiger partial charge in [-0.3, -0.25) is 37.6 Å². The first kappa shape index (κ1) is 48.4. The summed E-state index contributed by atoms with van der Waals surface area (Å²) in [5, 5.41) is 3.58. The Morgan fingerprint density at radius 3 is 1.25 bits per heavy atom. The summed E-state index contributed by atoms with van der Waals surface area (Å²) in [4.78, 5) is 42.0. The van der Waals surface area contributed by atoms with Crippen LogP contribution in [0.5, 0.6) is 0 Å². The number of rotatable bonds is 14. The minimum absolute atomic E-state index is 0.0828. The van der Waals surface area contributed by atoms with Gasteiger partial charge in [0, 0.05) is 81.2 Å². The lowest BCUT2D eigenvalue weighted by Gasteiger charge is -2.30. The summed E-state index contributed by atoms with van der Waals surface area (Å²) in [5.41, 5.74) is 2.03. The fourth-order valence-electron chi connectivity index (χ4n) is 9.33. The van der Waals surface area contributed by atoms with Gasteiger partial charge in [0.1, 0.15) is 15.4 Å². The fourth-order valence-corrected chi connectivity index (χ4v) is 11.8. The van der Waals surface area contributed by atoms with Gasteiger partial charge in [0.05, 0.1) is 11.5 Å². The van der Waals surface area contributed by atoms with Crippen LogP contribution in [0.4, 0.5) is 4.79 Å². The van der Waals surface area contributed by atoms with Gasteiger partial charge in [0.2, 0.25) is 0 Å². The van der Waals surface area contributed by atoms with E-state index in [1.807, 2.05) is 9.13 Å². The molecule has 4 amide bonds. The molecule has 0 atom stereocenters. The maximum absolute atomic E-state index is 14.0. The Hall–Kier alpha value is -6.05. The normalized spacial score (nSPS) is 17.7. The van der Waals surface area contributed by atoms with Crippen LogP contribution >= 0.6 is 0 Å². The lowest BCUT2D eigenvalue weighted by atomic mass is 9.95. The van der Waals surface area contributed by atoms with Gasteiger partial charge >= 0.3 is 6.03 Å². The Kier molecular flexibility index (Phi) is 12.7. The van der Waals surface area contributed by atoms with Gasteiger partial charge in [0.15, 0.2) is 0 Å². The molecule has 0 radical (unpaired) electrons. The number of hydrogen-bond acceptors (Lipinski definition) is 11. The molecule has 8 rings (SSSR count). The highest BCUT2D eigenvalue weighted by atomic mass is 32.2. The van der Waals surface area contributed by atoms with E-state index in [9.17, 15) is 66.3 Å². The summed E-state index contributed by atoms with van der Waals surface area (Å²) in [5.74, 6) is -2.72. The number of nitrogens with zero attached hydrogens (tertiary/aromatic N) is 4. The van der Waals surface area contributed by atoms with Gasteiger partial charge in [0.25, 0.3) is 52.3 Å². The van der Waals surface area contributed by atoms with Crippen LogP contribution in [-0.2, 0) is 63.2 Å². The number of hydrogen-bond donors (Lipinski definition) is 4. The number of carbonyl (C=O) groups is 3. The third-order valence-corrected chi connectivity index (χ3v) is 15.8. The quantitative estimate of drug-likeness (QED) is 0.0508. The van der Waals surface area contributed by atoms with E-state index in [-0.39, 0.29) is 83.3 Å². The van der Waals surface area contributed by atoms with Crippen LogP contribution < -0.4 is 10.7 Å². The topological polar surface area (TPSA) is 285 Å². The van der Waals surface area contributed by atoms with Gasteiger partial charge in [-0.1, -0.05) is 48.6 Å². The summed E-state index contributed by atoms with van der Waals surface area (Å²) < 4.78 is 139. The number of likely N-dealkylation sites (N-methyl/N-ethyl adjacent to an activating group) is 2. The number of aromatic nitrogens is 2. The minimum Gasteiger partial charge on any atom is -0.340 e. The third kappa shape index (κ3) is 9.14. The highest BCUT2D eigenvalue weighted by Gasteiger charge is 2.42. The zero-order chi connectivity index (χ0) is 49.2. The van der Waals surface area contributed by atoms with Crippen molar-refractivity contribution >= 4 is 114 Å². The van der Waals surface area contributed by atoms with Gasteiger partial charge in [-0.2, -0.15) is 33.7 Å². The summed E-state index contributed by atoms with van der Waals surface area (Å²) in [6.45, 7) is 0.405. The van der Waals surface area contributed by atoms with E-state index in [4.69, 9.17) is 0 Å². The molecular formula is C45H44N4O15S4. The molecule has 3 heterocycles. The molecule has 0 unspecified atom stereocenters. The number of amides is 4. The smallest absolute Gasteiger partial charge is 0.333 e. The number of imide groups is 2. The highest BCUT2D eigenvalue weighted by Crippen LogP contribution is 2.40. The highest BCUT2D eigenvalue weighted by molar-refractivity contribution is 7.86. The minimum atomic E-state index is -4.67. The average molecular weight is 1010 g/mol. The van der Waals surface area contributed by atoms with Crippen LogP contribution in [0, 0.1) is 0 Å². The zero-order valence-corrected chi connectivity index (χ0v) is 39.6. The fraction of sp³-hybridized carbons (Fsp3) is 0.267. The zero-order valence-electron chi connectivity index (χ0n) is 36.4. The number of allylic oxidation sites excluding steroid dienone is 5. The van der Waals surface area contributed by atoms with Gasteiger partial charge < -0.3 is 9.13 Å². The molecule has 6 aromatic rings. The Morgan fingerprint density at radius 2 is 0.882 bits per heavy atom. The maximum Gasteiger partial charge on any atom is 0.333 e. The summed E-state index contributed by atoms with van der Waals surface area (Å²) >= 11 is 0. The number of unbranched alkanes of at least 4 members (excludes halogenated alkanes) is 2. The molecule has 2 aliphatic rings. The standard InChI is InChI=1S/C45H44N4O15S4/c1-46-43(50)42(44(51)47(2)45(46)52)39-27(15-17-33-29-9-7-11-31-37(67(59,60)61)21-19-35(40(29)31)48(33)23-3-5-25-65(53,54)55)13-14-28(39)16-18-34-30-10-8-12-32-38(68(62,63)64)22-20-36(41(30)32)49(34)24-4-6-26-66(56,57)58/h7-12,15-22H,3-6,13-14,23-26H2,1-2H3,(H,53,54,55)(H,56,57,58)(H,59,60,61)(H,62,63,64)/b27-15+,28-16+,33-17+,34-18+. The molecule has 1 saturated heterocycles. The molecule has 1 aliphatic heterocycles. The molecule has 4 N–H and O–H groups in total. The van der Waals surface area contributed by atoms with E-state index in [0.717, 1.165) is 9.80 Å². The molecule has 19 nitrogen and oxygen atoms in total. The molecule has 68 heavy (non-hydrogen) atoms. The second kappa shape index (κ2) is 17.8. The molecule has 2 fully saturated rings. The van der Waals surface area contributed by atoms with Crippen molar-refractivity contribution in [1.82, 2.24) is 18.9 Å². The maximum atomic E-state index is 14.0. The molecule has 358 valence electrons. The third-order valence-electron chi connectivity index (χ3n) is 12.3. The summed E-state index contributed by atoms with van der Waals surface area (Å²) in [6.07, 6.45) is 8.07. The second-order valence-corrected chi connectivity index (χ2v) is 22.5. The van der Waals surface area contributed by atoms with Crippen molar-refractivity contribution < 1.29 is 66.3 Å². The second-order valence-electron chi connectivity index (χ2n) is 16.6. The van der Waals surface area contributed by atoms with E-state index in [1.165, 1.54) is 38.4 Å². The van der Waals surface area contributed by atoms with Crippen LogP contribution in [0.25, 0.3) is 55.5 Å². The molecule has 23 heteroatoms. The number of benzene rings is 4. The predicted octanol–water partition coefficient (Wildman–Crippen LogP) is 4.42. The van der Waals surface area contributed by atoms with Crippen molar-refractivity contribution in [1.29, 1.82) is 0 Å². The first-order valence-corrected chi connectivity index (χ1v) is 27.2. The van der Waals surface area contributed by atoms with Crippen molar-refractivity contribution in [2.75, 3.05) is 25.6 Å². The lowest BCUT2D eigenvalue weighted by Crippen LogP contribution is -2.53. The van der Waals surface area contributed by atoms with E-state index in [2.05, 4.69) is 0 Å². The Balaban J connectivity index is 1.35. The van der Waals surface area contributed by atoms with Crippen molar-refractivity contribution in [2.24, 2.45) is 0 Å². The SMILES string of the molecule is CN1C(=O)C(=C2/C(=C/C=c3\c4cccc5c(S(=O)(=O)O)ccc(c54)n3CCCCS(=O)(=O)O)CC/C2=C\C=c2/c3cccc4c(S(=O)(=O)O)ccc(c43)n2CCCCS(=O)(=O)O)C(=O)N(C)C1=O. The first-order valence-electron chi connectivity index (χ1n) is 21.1. The van der Waals surface area contributed by atoms with Gasteiger partial charge in [-0.05, 0) is 91.7 Å². The number of urea groups is 1. The van der Waals surface area contributed by atoms with Gasteiger partial charge in [-0.25, -0.2) is 4.79 Å². The summed E-state index contributed by atoms with van der Waals surface area (Å²) in [7, 11) is -15.4. The average Bonchev–Trinajstić information content (AvgIpc) is 3.90. The van der Waals surface area contributed by atoms with Crippen LogP contribution in [0.1, 0.15) is 38.5 Å². The molecule has 0 bridgehead atoms. The molecule has 1 saturated carbocycles. The van der Waals surface area contributed by atoms with Crippen molar-refractivity contribution in [3.63, 3.8) is 0 Å². The molecule has 0 spiro atoms. The van der Waals surface area contributed by atoms with E-state index < -0.39 is 69.8 Å². The number of aryl methyl sites for hydroxylation is 2. The van der Waals surface area contributed by atoms with Crippen LogP contribution in [0.2, 0.25) is 0 Å². The Labute approximate surface area is 389 Å². The lowest BCUT2D eigenvalue weighted by molar-refractivity contribution is -0.134. The molecule has 2 aromatic heterocycles. The van der Waals surface area contributed by atoms with Crippen LogP contribution in [0.15, 0.2) is 105 Å². The van der Waals surface area contributed by atoms with Gasteiger partial charge in [-0.15, -0.1) is 0 Å². The molecular weight excluding hydrogens is 965 g/mol. The Morgan fingerprint density at radius 1 is 0.500 bits per heavy atom. The van der Waals surface area contributed by atoms with Crippen LogP contribution in [-0.4, -0.2) is 114 Å². The number of barbiturate groups is 1. The van der Waals surface area contributed by atoms with Crippen molar-refractivity contribution in [3.8, 4) is 0 Å². The molecule has 1 aliphatic carbocycles. The molecule has 4 aromatic carbocycles. The van der Waals surface area contributed by atoms with E-state index in [1.54, 1.807) is 60.7 Å². The van der Waals surface area contributed by atoms with Crippen molar-refractivity contribution in [2.45, 2.75) is 61.4 Å².